The number of amides is 2. The molecule has 0 radical (unpaired) electrons. The van der Waals surface area contributed by atoms with Gasteiger partial charge in [0, 0.05) is 18.3 Å². The normalized spacial score (nSPS) is 13.1. The molecule has 3 aromatic rings. The van der Waals surface area contributed by atoms with Gasteiger partial charge in [-0.15, -0.1) is 0 Å². The molecule has 1 aromatic heterocycles. The van der Waals surface area contributed by atoms with Crippen molar-refractivity contribution in [1.82, 2.24) is 9.88 Å². The summed E-state index contributed by atoms with van der Waals surface area (Å²) in [7, 11) is 0. The largest absolute Gasteiger partial charge is 0.505 e. The van der Waals surface area contributed by atoms with E-state index < -0.39 is 23.6 Å². The Kier molecular flexibility index (Phi) is 7.43. The van der Waals surface area contributed by atoms with Crippen molar-refractivity contribution in [3.05, 3.63) is 81.3 Å². The smallest absolute Gasteiger partial charge is 0.319 e. The summed E-state index contributed by atoms with van der Waals surface area (Å²) in [6.45, 7) is 6.57. The van der Waals surface area contributed by atoms with Crippen LogP contribution in [0.5, 0.6) is 5.75 Å². The molecule has 0 bridgehead atoms. The lowest BCUT2D eigenvalue weighted by molar-refractivity contribution is -0.143. The molecular weight excluding hydrogens is 458 g/mol. The predicted octanol–water partition coefficient (Wildman–Crippen LogP) is 4.60. The minimum atomic E-state index is -0.715. The number of urea groups is 1. The molecule has 4 rings (SSSR count). The number of nitrogens with zero attached hydrogens (tertiary/aromatic N) is 1. The van der Waals surface area contributed by atoms with Gasteiger partial charge >= 0.3 is 12.0 Å². The fourth-order valence-electron chi connectivity index (χ4n) is 4.80. The summed E-state index contributed by atoms with van der Waals surface area (Å²) in [6.07, 6.45) is 1.42. The lowest BCUT2D eigenvalue weighted by Crippen LogP contribution is -2.36. The second kappa shape index (κ2) is 10.7. The first-order valence-electron chi connectivity index (χ1n) is 12.1. The van der Waals surface area contributed by atoms with Gasteiger partial charge in [0.05, 0.1) is 19.1 Å². The van der Waals surface area contributed by atoms with Crippen molar-refractivity contribution in [3.63, 3.8) is 0 Å². The van der Waals surface area contributed by atoms with Crippen LogP contribution in [-0.4, -0.2) is 28.3 Å². The number of benzene rings is 2. The van der Waals surface area contributed by atoms with Crippen LogP contribution in [0.2, 0.25) is 0 Å². The maximum atomic E-state index is 13.0. The first-order chi connectivity index (χ1) is 17.3. The number of rotatable bonds is 7. The summed E-state index contributed by atoms with van der Waals surface area (Å²) >= 11 is 0. The van der Waals surface area contributed by atoms with E-state index in [9.17, 15) is 19.5 Å². The van der Waals surface area contributed by atoms with Gasteiger partial charge in [0.1, 0.15) is 5.75 Å². The number of nitrogens with one attached hydrogen (secondary N) is 2. The number of esters is 1. The molecule has 8 heteroatoms. The van der Waals surface area contributed by atoms with Gasteiger partial charge < -0.3 is 25.0 Å². The Morgan fingerprint density at radius 1 is 1.11 bits per heavy atom. The van der Waals surface area contributed by atoms with E-state index in [-0.39, 0.29) is 24.5 Å². The Morgan fingerprint density at radius 2 is 1.83 bits per heavy atom. The zero-order valence-corrected chi connectivity index (χ0v) is 20.8. The minimum Gasteiger partial charge on any atom is -0.505 e. The van der Waals surface area contributed by atoms with Crippen molar-refractivity contribution in [1.29, 1.82) is 0 Å². The van der Waals surface area contributed by atoms with Crippen LogP contribution in [-0.2, 0) is 22.5 Å². The summed E-state index contributed by atoms with van der Waals surface area (Å²) < 4.78 is 6.69. The number of ether oxygens (including phenoxy) is 1. The number of carbonyl (C=O) groups is 2. The fourth-order valence-corrected chi connectivity index (χ4v) is 4.80. The Bertz CT molecular complexity index is 1340. The van der Waals surface area contributed by atoms with E-state index in [2.05, 4.69) is 10.6 Å². The Labute approximate surface area is 209 Å². The van der Waals surface area contributed by atoms with Crippen molar-refractivity contribution in [3.8, 4) is 16.9 Å². The maximum absolute atomic E-state index is 13.0. The summed E-state index contributed by atoms with van der Waals surface area (Å²) in [6, 6.07) is 13.8. The molecule has 2 amide bonds. The van der Waals surface area contributed by atoms with Crippen LogP contribution >= 0.6 is 0 Å². The van der Waals surface area contributed by atoms with Crippen LogP contribution in [0.4, 0.5) is 10.5 Å². The van der Waals surface area contributed by atoms with E-state index in [0.717, 1.165) is 34.4 Å². The minimum absolute atomic E-state index is 0.0907. The molecule has 0 spiro atoms. The van der Waals surface area contributed by atoms with Crippen molar-refractivity contribution in [2.45, 2.75) is 52.6 Å². The highest BCUT2D eigenvalue weighted by atomic mass is 16.5. The van der Waals surface area contributed by atoms with Crippen molar-refractivity contribution >= 4 is 17.7 Å². The first kappa shape index (κ1) is 25.0. The molecule has 1 aliphatic heterocycles. The van der Waals surface area contributed by atoms with E-state index in [1.165, 1.54) is 6.07 Å². The Hall–Kier alpha value is -4.07. The molecule has 3 N–H and O–H groups in total. The average Bonchev–Trinajstić information content (AvgIpc) is 3.30. The van der Waals surface area contributed by atoms with Gasteiger partial charge in [-0.25, -0.2) is 4.79 Å². The topological polar surface area (TPSA) is 110 Å². The van der Waals surface area contributed by atoms with Crippen LogP contribution in [0.15, 0.2) is 53.3 Å². The Morgan fingerprint density at radius 3 is 2.56 bits per heavy atom. The van der Waals surface area contributed by atoms with Gasteiger partial charge in [0.25, 0.3) is 5.56 Å². The van der Waals surface area contributed by atoms with E-state index in [0.29, 0.717) is 18.5 Å². The highest BCUT2D eigenvalue weighted by Crippen LogP contribution is 2.30. The Balaban J connectivity index is 1.62. The maximum Gasteiger partial charge on any atom is 0.319 e. The van der Waals surface area contributed by atoms with Gasteiger partial charge in [0.15, 0.2) is 5.69 Å². The van der Waals surface area contributed by atoms with Crippen LogP contribution < -0.4 is 16.2 Å². The molecule has 8 nitrogen and oxygen atoms in total. The highest BCUT2D eigenvalue weighted by Gasteiger charge is 2.23. The fraction of sp³-hybridized carbons (Fsp3) is 0.321. The number of carbonyl (C=O) groups excluding carboxylic acids is 2. The molecule has 2 aromatic carbocycles. The van der Waals surface area contributed by atoms with Crippen LogP contribution in [0.3, 0.4) is 0 Å². The zero-order chi connectivity index (χ0) is 25.8. The number of aromatic hydroxyl groups is 1. The third-order valence-electron chi connectivity index (χ3n) is 6.46. The average molecular weight is 490 g/mol. The summed E-state index contributed by atoms with van der Waals surface area (Å²) in [5.74, 6) is -0.733. The summed E-state index contributed by atoms with van der Waals surface area (Å²) in [4.78, 5) is 38.1. The van der Waals surface area contributed by atoms with Gasteiger partial charge in [-0.2, -0.15) is 0 Å². The summed E-state index contributed by atoms with van der Waals surface area (Å²) in [5, 5.41) is 15.6. The summed E-state index contributed by atoms with van der Waals surface area (Å²) in [5.41, 5.74) is 5.12. The quantitative estimate of drug-likeness (QED) is 0.420. The number of fused-ring (bicyclic) bond motifs is 1. The third-order valence-corrected chi connectivity index (χ3v) is 6.46. The van der Waals surface area contributed by atoms with Crippen molar-refractivity contribution < 1.29 is 19.4 Å². The molecular formula is C28H31N3O5. The van der Waals surface area contributed by atoms with Gasteiger partial charge in [-0.3, -0.25) is 9.59 Å². The van der Waals surface area contributed by atoms with E-state index in [4.69, 9.17) is 4.74 Å². The zero-order valence-electron chi connectivity index (χ0n) is 20.8. The number of hydrogen-bond acceptors (Lipinski definition) is 5. The van der Waals surface area contributed by atoms with E-state index >= 15 is 0 Å². The number of aromatic nitrogens is 1. The number of aryl methyl sites for hydroxylation is 3. The van der Waals surface area contributed by atoms with Crippen molar-refractivity contribution in [2.75, 3.05) is 11.9 Å². The lowest BCUT2D eigenvalue weighted by Gasteiger charge is -2.21. The molecule has 0 saturated heterocycles. The van der Waals surface area contributed by atoms with Gasteiger partial charge in [-0.05, 0) is 67.5 Å². The third kappa shape index (κ3) is 5.27. The highest BCUT2D eigenvalue weighted by molar-refractivity contribution is 5.91. The number of anilines is 1. The van der Waals surface area contributed by atoms with Gasteiger partial charge in [-0.1, -0.05) is 36.4 Å². The molecule has 0 saturated carbocycles. The predicted molar refractivity (Wildman–Crippen MR) is 138 cm³/mol. The number of pyridine rings is 1. The molecule has 1 aliphatic rings. The van der Waals surface area contributed by atoms with E-state index in [1.54, 1.807) is 11.5 Å². The standard InChI is InChI=1S/C28H31N3O5/c1-4-36-24(33)16-22(19-10-6-11-20(14-19)25-17(2)8-5-9-18(25)3)29-28(35)30-26-23(32)15-21-12-7-13-31(21)27(26)34/h5-6,8-11,14-15,22,32H,4,7,12-13,16H2,1-3H3,(H2,29,30,35)/t22-/m0/s1. The van der Waals surface area contributed by atoms with E-state index in [1.807, 2.05) is 56.3 Å². The second-order valence-corrected chi connectivity index (χ2v) is 9.01. The van der Waals surface area contributed by atoms with Crippen LogP contribution in [0.1, 0.15) is 48.2 Å². The molecule has 0 unspecified atom stereocenters. The SMILES string of the molecule is CCOC(=O)C[C@H](NC(=O)Nc1c(O)cc2n(c1=O)CCC2)c1cccc(-c2c(C)cccc2C)c1. The molecule has 188 valence electrons. The van der Waals surface area contributed by atoms with Crippen LogP contribution in [0, 0.1) is 13.8 Å². The molecule has 1 atom stereocenters. The number of hydrogen-bond donors (Lipinski definition) is 3. The monoisotopic (exact) mass is 489 g/mol. The second-order valence-electron chi connectivity index (χ2n) is 9.01. The molecule has 0 aliphatic carbocycles. The lowest BCUT2D eigenvalue weighted by atomic mass is 9.93. The van der Waals surface area contributed by atoms with Crippen molar-refractivity contribution in [2.24, 2.45) is 0 Å². The molecule has 2 heterocycles. The van der Waals surface area contributed by atoms with Gasteiger partial charge in [0.2, 0.25) is 0 Å². The first-order valence-corrected chi connectivity index (χ1v) is 12.1. The van der Waals surface area contributed by atoms with Crippen LogP contribution in [0.25, 0.3) is 11.1 Å². The molecule has 0 fully saturated rings. The molecule has 36 heavy (non-hydrogen) atoms.